The van der Waals surface area contributed by atoms with E-state index in [0.717, 1.165) is 25.9 Å². The maximum Gasteiger partial charge on any atom is 0.254 e. The third-order valence-corrected chi connectivity index (χ3v) is 6.71. The summed E-state index contributed by atoms with van der Waals surface area (Å²) in [6.07, 6.45) is 1.86. The first kappa shape index (κ1) is 22.9. The van der Waals surface area contributed by atoms with Gasteiger partial charge in [0.15, 0.2) is 0 Å². The molecule has 1 heterocycles. The Balaban J connectivity index is 0.00000338. The molecule has 0 aliphatic carbocycles. The van der Waals surface area contributed by atoms with Crippen molar-refractivity contribution in [1.82, 2.24) is 14.5 Å². The monoisotopic (exact) mass is 403 g/mol. The molecule has 2 rings (SSSR count). The standard InChI is InChI=1S/C18H29N3O3S.ClH/c1-4-13-21(16-11-12-19-14-16)18(22)15-7-9-17(10-8-15)25(23,24)20(5-2)6-3;/h7-10,16,19H,4-6,11-14H2,1-3H3;1H. The van der Waals surface area contributed by atoms with E-state index in [2.05, 4.69) is 12.2 Å². The zero-order valence-electron chi connectivity index (χ0n) is 15.8. The molecule has 6 nitrogen and oxygen atoms in total. The Morgan fingerprint density at radius 3 is 2.23 bits per heavy atom. The maximum absolute atomic E-state index is 12.9. The predicted octanol–water partition coefficient (Wildman–Crippen LogP) is 2.35. The van der Waals surface area contributed by atoms with Crippen LogP contribution in [0.3, 0.4) is 0 Å². The Bertz CT molecular complexity index is 669. The molecule has 1 aliphatic rings. The summed E-state index contributed by atoms with van der Waals surface area (Å²) in [4.78, 5) is 15.0. The lowest BCUT2D eigenvalue weighted by Crippen LogP contribution is -2.42. The summed E-state index contributed by atoms with van der Waals surface area (Å²) in [6, 6.07) is 6.55. The average molecular weight is 404 g/mol. The normalized spacial score (nSPS) is 17.2. The molecule has 0 bridgehead atoms. The summed E-state index contributed by atoms with van der Waals surface area (Å²) in [5.41, 5.74) is 0.541. The number of hydrogen-bond donors (Lipinski definition) is 1. The minimum atomic E-state index is -3.49. The summed E-state index contributed by atoms with van der Waals surface area (Å²) < 4.78 is 26.5. The van der Waals surface area contributed by atoms with Crippen molar-refractivity contribution in [2.75, 3.05) is 32.7 Å². The smallest absolute Gasteiger partial charge is 0.254 e. The second kappa shape index (κ2) is 10.3. The van der Waals surface area contributed by atoms with Crippen LogP contribution in [-0.4, -0.2) is 62.3 Å². The van der Waals surface area contributed by atoms with Gasteiger partial charge in [0, 0.05) is 37.8 Å². The van der Waals surface area contributed by atoms with Crippen molar-refractivity contribution in [3.05, 3.63) is 29.8 Å². The first-order valence-corrected chi connectivity index (χ1v) is 10.5. The number of sulfonamides is 1. The molecule has 8 heteroatoms. The van der Waals surface area contributed by atoms with Crippen molar-refractivity contribution < 1.29 is 13.2 Å². The van der Waals surface area contributed by atoms with Gasteiger partial charge in [-0.3, -0.25) is 4.79 Å². The van der Waals surface area contributed by atoms with Gasteiger partial charge in [-0.25, -0.2) is 8.42 Å². The van der Waals surface area contributed by atoms with Crippen LogP contribution in [0.25, 0.3) is 0 Å². The molecule has 1 atom stereocenters. The van der Waals surface area contributed by atoms with E-state index in [9.17, 15) is 13.2 Å². The molecule has 1 unspecified atom stereocenters. The van der Waals surface area contributed by atoms with Crippen LogP contribution < -0.4 is 5.32 Å². The average Bonchev–Trinajstić information content (AvgIpc) is 3.14. The quantitative estimate of drug-likeness (QED) is 0.723. The topological polar surface area (TPSA) is 69.7 Å². The van der Waals surface area contributed by atoms with Crippen LogP contribution >= 0.6 is 12.4 Å². The third-order valence-electron chi connectivity index (χ3n) is 4.64. The Labute approximate surface area is 163 Å². The summed E-state index contributed by atoms with van der Waals surface area (Å²) in [5.74, 6) is -0.0256. The number of nitrogens with one attached hydrogen (secondary N) is 1. The van der Waals surface area contributed by atoms with Crippen LogP contribution in [0.5, 0.6) is 0 Å². The number of carbonyl (C=O) groups is 1. The highest BCUT2D eigenvalue weighted by molar-refractivity contribution is 7.89. The Hall–Kier alpha value is -1.15. The largest absolute Gasteiger partial charge is 0.334 e. The van der Waals surface area contributed by atoms with Gasteiger partial charge in [0.05, 0.1) is 4.90 Å². The number of hydrogen-bond acceptors (Lipinski definition) is 4. The lowest BCUT2D eigenvalue weighted by molar-refractivity contribution is 0.0692. The fourth-order valence-electron chi connectivity index (χ4n) is 3.24. The molecule has 148 valence electrons. The van der Waals surface area contributed by atoms with Crippen LogP contribution in [0.1, 0.15) is 44.0 Å². The number of benzene rings is 1. The van der Waals surface area contributed by atoms with Crippen molar-refractivity contribution >= 4 is 28.3 Å². The van der Waals surface area contributed by atoms with Crippen molar-refractivity contribution in [2.24, 2.45) is 0 Å². The summed E-state index contributed by atoms with van der Waals surface area (Å²) >= 11 is 0. The number of carbonyl (C=O) groups excluding carboxylic acids is 1. The number of rotatable bonds is 8. The summed E-state index contributed by atoms with van der Waals surface area (Å²) in [5, 5.41) is 3.29. The van der Waals surface area contributed by atoms with Gasteiger partial charge in [-0.15, -0.1) is 12.4 Å². The number of amides is 1. The Morgan fingerprint density at radius 1 is 1.15 bits per heavy atom. The van der Waals surface area contributed by atoms with Gasteiger partial charge < -0.3 is 10.2 Å². The highest BCUT2D eigenvalue weighted by Crippen LogP contribution is 2.19. The lowest BCUT2D eigenvalue weighted by atomic mass is 10.1. The van der Waals surface area contributed by atoms with E-state index in [1.54, 1.807) is 12.1 Å². The lowest BCUT2D eigenvalue weighted by Gasteiger charge is -2.28. The van der Waals surface area contributed by atoms with Gasteiger partial charge >= 0.3 is 0 Å². The van der Waals surface area contributed by atoms with Gasteiger partial charge in [-0.2, -0.15) is 4.31 Å². The van der Waals surface area contributed by atoms with Crippen LogP contribution in [0.4, 0.5) is 0 Å². The number of nitrogens with zero attached hydrogens (tertiary/aromatic N) is 2. The molecule has 0 saturated carbocycles. The van der Waals surface area contributed by atoms with Crippen molar-refractivity contribution in [1.29, 1.82) is 0 Å². The molecule has 1 saturated heterocycles. The molecule has 1 fully saturated rings. The Kier molecular flexibility index (Phi) is 9.03. The second-order valence-electron chi connectivity index (χ2n) is 6.26. The molecular weight excluding hydrogens is 374 g/mol. The van der Waals surface area contributed by atoms with Gasteiger partial charge in [0.2, 0.25) is 10.0 Å². The highest BCUT2D eigenvalue weighted by Gasteiger charge is 2.27. The van der Waals surface area contributed by atoms with E-state index in [4.69, 9.17) is 0 Å². The SMILES string of the molecule is CCCN(C(=O)c1ccc(S(=O)(=O)N(CC)CC)cc1)C1CCNC1.Cl. The van der Waals surface area contributed by atoms with Crippen molar-refractivity contribution in [3.63, 3.8) is 0 Å². The minimum Gasteiger partial charge on any atom is -0.334 e. The van der Waals surface area contributed by atoms with E-state index in [1.165, 1.54) is 16.4 Å². The van der Waals surface area contributed by atoms with Gasteiger partial charge in [0.25, 0.3) is 5.91 Å². The van der Waals surface area contributed by atoms with E-state index in [0.29, 0.717) is 25.2 Å². The molecule has 1 N–H and O–H groups in total. The van der Waals surface area contributed by atoms with Crippen molar-refractivity contribution in [3.8, 4) is 0 Å². The summed E-state index contributed by atoms with van der Waals surface area (Å²) in [7, 11) is -3.49. The molecule has 1 aromatic carbocycles. The molecule has 1 aromatic rings. The van der Waals surface area contributed by atoms with Crippen LogP contribution in [0.15, 0.2) is 29.2 Å². The van der Waals surface area contributed by atoms with E-state index in [-0.39, 0.29) is 29.3 Å². The molecule has 0 aromatic heterocycles. The van der Waals surface area contributed by atoms with E-state index < -0.39 is 10.0 Å². The first-order chi connectivity index (χ1) is 12.0. The number of halogens is 1. The second-order valence-corrected chi connectivity index (χ2v) is 8.20. The fourth-order valence-corrected chi connectivity index (χ4v) is 4.70. The Morgan fingerprint density at radius 2 is 1.77 bits per heavy atom. The van der Waals surface area contributed by atoms with Gasteiger partial charge in [0.1, 0.15) is 0 Å². The van der Waals surface area contributed by atoms with Gasteiger partial charge in [-0.05, 0) is 43.7 Å². The molecular formula is C18H30ClN3O3S. The third kappa shape index (κ3) is 4.97. The molecule has 1 aliphatic heterocycles. The molecule has 0 radical (unpaired) electrons. The van der Waals surface area contributed by atoms with Crippen LogP contribution in [-0.2, 0) is 10.0 Å². The highest BCUT2D eigenvalue weighted by atomic mass is 35.5. The predicted molar refractivity (Wildman–Crippen MR) is 106 cm³/mol. The molecule has 26 heavy (non-hydrogen) atoms. The van der Waals surface area contributed by atoms with E-state index in [1.807, 2.05) is 18.7 Å². The summed E-state index contributed by atoms with van der Waals surface area (Å²) in [6.45, 7) is 9.01. The minimum absolute atomic E-state index is 0. The zero-order chi connectivity index (χ0) is 18.4. The van der Waals surface area contributed by atoms with Crippen LogP contribution in [0.2, 0.25) is 0 Å². The van der Waals surface area contributed by atoms with E-state index >= 15 is 0 Å². The van der Waals surface area contributed by atoms with Crippen molar-refractivity contribution in [2.45, 2.75) is 44.6 Å². The molecule has 1 amide bonds. The first-order valence-electron chi connectivity index (χ1n) is 9.07. The zero-order valence-corrected chi connectivity index (χ0v) is 17.4. The van der Waals surface area contributed by atoms with Gasteiger partial charge in [-0.1, -0.05) is 20.8 Å². The maximum atomic E-state index is 12.9. The van der Waals surface area contributed by atoms with Crippen LogP contribution in [0, 0.1) is 0 Å². The fraction of sp³-hybridized carbons (Fsp3) is 0.611. The molecule has 0 spiro atoms.